The zero-order valence-corrected chi connectivity index (χ0v) is 31.2. The van der Waals surface area contributed by atoms with Crippen molar-refractivity contribution in [1.29, 1.82) is 0 Å². The van der Waals surface area contributed by atoms with Crippen LogP contribution in [0.1, 0.15) is 61.8 Å². The maximum absolute atomic E-state index is 11.9. The zero-order chi connectivity index (χ0) is 34.8. The minimum absolute atomic E-state index is 0. The average Bonchev–Trinajstić information content (AvgIpc) is 3.14. The van der Waals surface area contributed by atoms with Crippen LogP contribution >= 0.6 is 7.92 Å². The molecule has 0 N–H and O–H groups in total. The maximum Gasteiger partial charge on any atom is 2.00 e. The Balaban J connectivity index is 0.000000231. The molecule has 0 bridgehead atoms. The van der Waals surface area contributed by atoms with Crippen molar-refractivity contribution in [2.24, 2.45) is 4.99 Å². The van der Waals surface area contributed by atoms with Crippen LogP contribution in [0.5, 0.6) is 5.75 Å². The first kappa shape index (κ1) is 39.9. The first-order valence-corrected chi connectivity index (χ1v) is 18.2. The second kappa shape index (κ2) is 21.5. The Morgan fingerprint density at radius 2 is 1.06 bits per heavy atom. The molecule has 0 spiro atoms. The zero-order valence-electron chi connectivity index (χ0n) is 29.4. The molecule has 0 aliphatic carbocycles. The van der Waals surface area contributed by atoms with Crippen LogP contribution in [0.15, 0.2) is 175 Å². The van der Waals surface area contributed by atoms with Crippen LogP contribution in [0.2, 0.25) is 0 Å². The molecule has 0 aliphatic heterocycles. The molecule has 0 amide bonds. The molecule has 2 nitrogen and oxygen atoms in total. The molecule has 6 rings (SSSR count). The Labute approximate surface area is 311 Å². The van der Waals surface area contributed by atoms with Gasteiger partial charge in [0.05, 0.1) is 5.69 Å². The summed E-state index contributed by atoms with van der Waals surface area (Å²) < 4.78 is 0. The quantitative estimate of drug-likeness (QED) is 0.0482. The molecule has 6 aromatic carbocycles. The fraction of sp³-hybridized carbons (Fsp3) is 0.152. The third kappa shape index (κ3) is 12.1. The van der Waals surface area contributed by atoms with Crippen LogP contribution in [0, 0.1) is 6.07 Å². The van der Waals surface area contributed by atoms with E-state index in [2.05, 4.69) is 143 Å². The van der Waals surface area contributed by atoms with E-state index < -0.39 is 7.92 Å². The number of aliphatic imine (C=N–C) groups is 1. The topological polar surface area (TPSA) is 35.4 Å². The van der Waals surface area contributed by atoms with Gasteiger partial charge in [-0.1, -0.05) is 161 Å². The second-order valence-corrected chi connectivity index (χ2v) is 14.4. The smallest absolute Gasteiger partial charge is 0.872 e. The SMILES string of the molecule is C=CCc1cc(C(C)C)c(N=Cc2ccccc2[O-])c(C(C)C)c1.[Ni+2].[c-]1ccccc1.c1ccc(P(c2ccccc2)c2ccccc2)cc1. The molecule has 0 heterocycles. The van der Waals surface area contributed by atoms with Gasteiger partial charge in [-0.3, -0.25) is 4.99 Å². The van der Waals surface area contributed by atoms with Crippen LogP contribution in [-0.4, -0.2) is 6.21 Å². The van der Waals surface area contributed by atoms with Gasteiger partial charge in [0.25, 0.3) is 0 Å². The van der Waals surface area contributed by atoms with Crippen molar-refractivity contribution in [3.05, 3.63) is 199 Å². The first-order valence-electron chi connectivity index (χ1n) is 16.8. The molecule has 6 aromatic rings. The van der Waals surface area contributed by atoms with Crippen molar-refractivity contribution in [2.45, 2.75) is 46.0 Å². The molecule has 0 atom stereocenters. The third-order valence-corrected chi connectivity index (χ3v) is 10.2. The van der Waals surface area contributed by atoms with Gasteiger partial charge in [-0.05, 0) is 64.3 Å². The van der Waals surface area contributed by atoms with Gasteiger partial charge in [0, 0.05) is 6.21 Å². The first-order chi connectivity index (χ1) is 23.9. The fourth-order valence-corrected chi connectivity index (χ4v) is 7.61. The Morgan fingerprint density at radius 1 is 0.640 bits per heavy atom. The summed E-state index contributed by atoms with van der Waals surface area (Å²) in [6.07, 6.45) is 4.48. The number of allylic oxidation sites excluding steroid dienone is 1. The summed E-state index contributed by atoms with van der Waals surface area (Å²) in [4.78, 5) is 4.73. The molecular weight excluding hydrogens is 672 g/mol. The summed E-state index contributed by atoms with van der Waals surface area (Å²) in [5.41, 5.74) is 5.32. The van der Waals surface area contributed by atoms with E-state index >= 15 is 0 Å². The van der Waals surface area contributed by atoms with Gasteiger partial charge < -0.3 is 5.11 Å². The fourth-order valence-electron chi connectivity index (χ4n) is 5.30. The summed E-state index contributed by atoms with van der Waals surface area (Å²) in [5, 5.41) is 16.1. The van der Waals surface area contributed by atoms with Gasteiger partial charge in [0.15, 0.2) is 0 Å². The van der Waals surface area contributed by atoms with Crippen molar-refractivity contribution in [2.75, 3.05) is 0 Å². The van der Waals surface area contributed by atoms with E-state index in [-0.39, 0.29) is 22.2 Å². The van der Waals surface area contributed by atoms with Crippen LogP contribution in [0.3, 0.4) is 0 Å². The number of para-hydroxylation sites is 1. The van der Waals surface area contributed by atoms with E-state index in [1.807, 2.05) is 48.5 Å². The predicted molar refractivity (Wildman–Crippen MR) is 212 cm³/mol. The number of rotatable bonds is 9. The summed E-state index contributed by atoms with van der Waals surface area (Å²) in [7, 11) is -0.446. The van der Waals surface area contributed by atoms with E-state index in [1.165, 1.54) is 32.6 Å². The summed E-state index contributed by atoms with van der Waals surface area (Å²) in [6, 6.07) is 56.3. The van der Waals surface area contributed by atoms with Crippen molar-refractivity contribution >= 4 is 35.7 Å². The molecule has 0 aromatic heterocycles. The predicted octanol–water partition coefficient (Wildman–Crippen LogP) is 10.4. The third-order valence-electron chi connectivity index (χ3n) is 7.75. The maximum atomic E-state index is 11.9. The number of hydrogen-bond donors (Lipinski definition) is 0. The molecule has 0 aliphatic rings. The minimum atomic E-state index is -0.446. The standard InChI is InChI=1S/C22H27NO.C18H15P.C6H5.Ni/c1-6-9-17-12-19(15(2)3)22(20(13-17)16(4)5)23-14-18-10-7-8-11-21(18)24;1-4-10-16(11-5-1)19(17-12-6-2-7-13-17)18-14-8-3-9-15-18;1-2-4-6-5-3-1;/h6-8,10-16,24H,1,9H2,2-5H3;1-15H;1-5H;/q;;-1;+2/p-1. The molecule has 0 fully saturated rings. The largest absolute Gasteiger partial charge is 2.00 e. The Morgan fingerprint density at radius 3 is 1.42 bits per heavy atom. The van der Waals surface area contributed by atoms with E-state index in [1.54, 1.807) is 18.3 Å². The molecule has 256 valence electrons. The Kier molecular flexibility index (Phi) is 17.2. The molecule has 0 unspecified atom stereocenters. The van der Waals surface area contributed by atoms with E-state index in [4.69, 9.17) is 4.99 Å². The van der Waals surface area contributed by atoms with E-state index in [0.717, 1.165) is 12.1 Å². The van der Waals surface area contributed by atoms with Crippen molar-refractivity contribution in [1.82, 2.24) is 0 Å². The molecule has 0 saturated carbocycles. The molecule has 0 radical (unpaired) electrons. The van der Waals surface area contributed by atoms with Crippen molar-refractivity contribution < 1.29 is 21.6 Å². The Bertz CT molecular complexity index is 1710. The van der Waals surface area contributed by atoms with E-state index in [9.17, 15) is 5.11 Å². The van der Waals surface area contributed by atoms with Gasteiger partial charge in [-0.15, -0.1) is 12.3 Å². The number of hydrogen-bond acceptors (Lipinski definition) is 2. The van der Waals surface area contributed by atoms with Gasteiger partial charge in [-0.25, -0.2) is 0 Å². The monoisotopic (exact) mass is 717 g/mol. The van der Waals surface area contributed by atoms with Crippen LogP contribution in [0.25, 0.3) is 0 Å². The van der Waals surface area contributed by atoms with Gasteiger partial charge >= 0.3 is 16.5 Å². The van der Waals surface area contributed by atoms with Gasteiger partial charge in [0.1, 0.15) is 0 Å². The van der Waals surface area contributed by atoms with Crippen molar-refractivity contribution in [3.63, 3.8) is 0 Å². The molecular formula is C46H46NNiOP. The summed E-state index contributed by atoms with van der Waals surface area (Å²) in [6.45, 7) is 12.6. The molecule has 4 heteroatoms. The average molecular weight is 719 g/mol. The molecule has 0 saturated heterocycles. The minimum Gasteiger partial charge on any atom is -0.872 e. The Hall–Kier alpha value is -4.55. The van der Waals surface area contributed by atoms with Gasteiger partial charge in [0.2, 0.25) is 0 Å². The van der Waals surface area contributed by atoms with Crippen LogP contribution in [0.4, 0.5) is 5.69 Å². The van der Waals surface area contributed by atoms with Gasteiger partial charge in [-0.2, -0.15) is 36.4 Å². The van der Waals surface area contributed by atoms with E-state index in [0.29, 0.717) is 17.4 Å². The summed E-state index contributed by atoms with van der Waals surface area (Å²) >= 11 is 0. The summed E-state index contributed by atoms with van der Waals surface area (Å²) in [5.74, 6) is 0.727. The second-order valence-electron chi connectivity index (χ2n) is 12.1. The number of benzene rings is 6. The van der Waals surface area contributed by atoms with Crippen molar-refractivity contribution in [3.8, 4) is 5.75 Å². The normalized spacial score (nSPS) is 10.5. The molecule has 50 heavy (non-hydrogen) atoms. The number of nitrogens with zero attached hydrogens (tertiary/aromatic N) is 1. The van der Waals surface area contributed by atoms with Crippen LogP contribution in [-0.2, 0) is 22.9 Å². The van der Waals surface area contributed by atoms with Crippen LogP contribution < -0.4 is 21.0 Å².